The molecule has 0 aromatic heterocycles. The number of nitrogens with one attached hydrogen (secondary N) is 1. The second-order valence-corrected chi connectivity index (χ2v) is 5.76. The largest absolute Gasteiger partial charge is 0.316 e. The molecule has 0 bridgehead atoms. The molecule has 0 amide bonds. The summed E-state index contributed by atoms with van der Waals surface area (Å²) in [6.07, 6.45) is 5.32. The lowest BCUT2D eigenvalue weighted by Gasteiger charge is -2.11. The molecular formula is C17H29N. The summed E-state index contributed by atoms with van der Waals surface area (Å²) >= 11 is 0. The van der Waals surface area contributed by atoms with Gasteiger partial charge in [0.2, 0.25) is 0 Å². The Labute approximate surface area is 113 Å². The molecule has 0 heterocycles. The molecule has 0 fully saturated rings. The highest BCUT2D eigenvalue weighted by Gasteiger charge is 2.03. The maximum absolute atomic E-state index is 3.50. The van der Waals surface area contributed by atoms with Gasteiger partial charge in [0, 0.05) is 0 Å². The van der Waals surface area contributed by atoms with Crippen LogP contribution in [0.5, 0.6) is 0 Å². The lowest BCUT2D eigenvalue weighted by molar-refractivity contribution is 0.518. The standard InChI is InChI=1S/C17H29N/c1-15(2)14-18-13-9-5-6-10-16(3)17-11-7-4-8-12-17/h4,7-8,11-12,15-16,18H,5-6,9-10,13-14H2,1-3H3. The van der Waals surface area contributed by atoms with Gasteiger partial charge < -0.3 is 5.32 Å². The van der Waals surface area contributed by atoms with Gasteiger partial charge in [0.1, 0.15) is 0 Å². The molecule has 1 atom stereocenters. The van der Waals surface area contributed by atoms with Crippen LogP contribution in [0.25, 0.3) is 0 Å². The fourth-order valence-corrected chi connectivity index (χ4v) is 2.22. The topological polar surface area (TPSA) is 12.0 Å². The first-order valence-electron chi connectivity index (χ1n) is 7.46. The van der Waals surface area contributed by atoms with E-state index in [1.165, 1.54) is 37.8 Å². The summed E-state index contributed by atoms with van der Waals surface area (Å²) in [6, 6.07) is 10.9. The number of benzene rings is 1. The summed E-state index contributed by atoms with van der Waals surface area (Å²) in [5, 5.41) is 3.50. The highest BCUT2D eigenvalue weighted by atomic mass is 14.8. The molecule has 1 unspecified atom stereocenters. The van der Waals surface area contributed by atoms with Crippen LogP contribution in [-0.4, -0.2) is 13.1 Å². The SMILES string of the molecule is CC(C)CNCCCCCC(C)c1ccccc1. The average Bonchev–Trinajstić information content (AvgIpc) is 2.38. The summed E-state index contributed by atoms with van der Waals surface area (Å²) in [5.74, 6) is 1.47. The molecule has 102 valence electrons. The van der Waals surface area contributed by atoms with Crippen molar-refractivity contribution in [2.24, 2.45) is 5.92 Å². The molecule has 1 heteroatoms. The van der Waals surface area contributed by atoms with E-state index in [4.69, 9.17) is 0 Å². The van der Waals surface area contributed by atoms with Gasteiger partial charge in [0.25, 0.3) is 0 Å². The molecule has 1 N–H and O–H groups in total. The third-order valence-corrected chi connectivity index (χ3v) is 3.41. The van der Waals surface area contributed by atoms with Crippen molar-refractivity contribution >= 4 is 0 Å². The summed E-state index contributed by atoms with van der Waals surface area (Å²) in [6.45, 7) is 9.19. The molecular weight excluding hydrogens is 218 g/mol. The Kier molecular flexibility index (Phi) is 7.75. The third kappa shape index (κ3) is 6.80. The Bertz CT molecular complexity index is 292. The van der Waals surface area contributed by atoms with Gasteiger partial charge in [-0.2, -0.15) is 0 Å². The van der Waals surface area contributed by atoms with Crippen LogP contribution in [-0.2, 0) is 0 Å². The highest BCUT2D eigenvalue weighted by molar-refractivity contribution is 5.18. The number of hydrogen-bond acceptors (Lipinski definition) is 1. The minimum Gasteiger partial charge on any atom is -0.316 e. The van der Waals surface area contributed by atoms with E-state index in [1.807, 2.05) is 0 Å². The Hall–Kier alpha value is -0.820. The first-order valence-corrected chi connectivity index (χ1v) is 7.46. The van der Waals surface area contributed by atoms with Crippen LogP contribution in [0.15, 0.2) is 30.3 Å². The molecule has 0 radical (unpaired) electrons. The summed E-state index contributed by atoms with van der Waals surface area (Å²) in [4.78, 5) is 0. The average molecular weight is 247 g/mol. The predicted molar refractivity (Wildman–Crippen MR) is 81.0 cm³/mol. The Balaban J connectivity index is 2.01. The lowest BCUT2D eigenvalue weighted by Crippen LogP contribution is -2.20. The molecule has 1 rings (SSSR count). The zero-order chi connectivity index (χ0) is 13.2. The molecule has 0 saturated carbocycles. The fraction of sp³-hybridized carbons (Fsp3) is 0.647. The van der Waals surface area contributed by atoms with Crippen molar-refractivity contribution < 1.29 is 0 Å². The molecule has 1 aromatic rings. The predicted octanol–water partition coefficient (Wildman–Crippen LogP) is 4.60. The fourth-order valence-electron chi connectivity index (χ4n) is 2.22. The van der Waals surface area contributed by atoms with Crippen LogP contribution in [0.2, 0.25) is 0 Å². The van der Waals surface area contributed by atoms with Crippen molar-refractivity contribution in [2.75, 3.05) is 13.1 Å². The van der Waals surface area contributed by atoms with Gasteiger partial charge in [-0.1, -0.05) is 63.9 Å². The lowest BCUT2D eigenvalue weighted by atomic mass is 9.95. The minimum atomic E-state index is 0.704. The van der Waals surface area contributed by atoms with Crippen LogP contribution in [0, 0.1) is 5.92 Å². The van der Waals surface area contributed by atoms with Crippen LogP contribution in [0.3, 0.4) is 0 Å². The van der Waals surface area contributed by atoms with Crippen molar-refractivity contribution in [3.05, 3.63) is 35.9 Å². The van der Waals surface area contributed by atoms with E-state index in [0.29, 0.717) is 5.92 Å². The Morgan fingerprint density at radius 1 is 0.944 bits per heavy atom. The highest BCUT2D eigenvalue weighted by Crippen LogP contribution is 2.21. The molecule has 1 nitrogen and oxygen atoms in total. The zero-order valence-electron chi connectivity index (χ0n) is 12.3. The Morgan fingerprint density at radius 3 is 2.33 bits per heavy atom. The monoisotopic (exact) mass is 247 g/mol. The Morgan fingerprint density at radius 2 is 1.67 bits per heavy atom. The molecule has 0 aliphatic rings. The molecule has 0 aliphatic carbocycles. The van der Waals surface area contributed by atoms with Crippen molar-refractivity contribution in [1.29, 1.82) is 0 Å². The van der Waals surface area contributed by atoms with Gasteiger partial charge in [0.05, 0.1) is 0 Å². The first-order chi connectivity index (χ1) is 8.70. The van der Waals surface area contributed by atoms with E-state index in [2.05, 4.69) is 56.4 Å². The second kappa shape index (κ2) is 9.16. The molecule has 0 spiro atoms. The minimum absolute atomic E-state index is 0.704. The first kappa shape index (κ1) is 15.2. The van der Waals surface area contributed by atoms with Crippen LogP contribution in [0.1, 0.15) is 57.9 Å². The van der Waals surface area contributed by atoms with Crippen molar-refractivity contribution in [2.45, 2.75) is 52.4 Å². The van der Waals surface area contributed by atoms with Crippen molar-refractivity contribution in [3.8, 4) is 0 Å². The normalized spacial score (nSPS) is 12.9. The third-order valence-electron chi connectivity index (χ3n) is 3.41. The van der Waals surface area contributed by atoms with Crippen molar-refractivity contribution in [1.82, 2.24) is 5.32 Å². The van der Waals surface area contributed by atoms with Crippen LogP contribution in [0.4, 0.5) is 0 Å². The van der Waals surface area contributed by atoms with E-state index in [0.717, 1.165) is 12.5 Å². The van der Waals surface area contributed by atoms with Gasteiger partial charge in [-0.05, 0) is 43.3 Å². The zero-order valence-corrected chi connectivity index (χ0v) is 12.3. The number of rotatable bonds is 9. The quantitative estimate of drug-likeness (QED) is 0.629. The second-order valence-electron chi connectivity index (χ2n) is 5.76. The van der Waals surface area contributed by atoms with E-state index in [1.54, 1.807) is 0 Å². The van der Waals surface area contributed by atoms with E-state index in [9.17, 15) is 0 Å². The van der Waals surface area contributed by atoms with Crippen molar-refractivity contribution in [3.63, 3.8) is 0 Å². The number of unbranched alkanes of at least 4 members (excludes halogenated alkanes) is 2. The van der Waals surface area contributed by atoms with Crippen LogP contribution < -0.4 is 5.32 Å². The molecule has 1 aromatic carbocycles. The van der Waals surface area contributed by atoms with E-state index in [-0.39, 0.29) is 0 Å². The smallest absolute Gasteiger partial charge is 0.00258 e. The molecule has 18 heavy (non-hydrogen) atoms. The van der Waals surface area contributed by atoms with Gasteiger partial charge in [-0.15, -0.1) is 0 Å². The maximum Gasteiger partial charge on any atom is -0.00258 e. The van der Waals surface area contributed by atoms with E-state index < -0.39 is 0 Å². The van der Waals surface area contributed by atoms with Gasteiger partial charge in [-0.25, -0.2) is 0 Å². The molecule has 0 saturated heterocycles. The number of hydrogen-bond donors (Lipinski definition) is 1. The summed E-state index contributed by atoms with van der Waals surface area (Å²) in [5.41, 5.74) is 1.48. The maximum atomic E-state index is 3.50. The summed E-state index contributed by atoms with van der Waals surface area (Å²) < 4.78 is 0. The molecule has 0 aliphatic heterocycles. The van der Waals surface area contributed by atoms with Gasteiger partial charge >= 0.3 is 0 Å². The van der Waals surface area contributed by atoms with Gasteiger partial charge in [-0.3, -0.25) is 0 Å². The van der Waals surface area contributed by atoms with Gasteiger partial charge in [0.15, 0.2) is 0 Å². The van der Waals surface area contributed by atoms with Crippen LogP contribution >= 0.6 is 0 Å². The summed E-state index contributed by atoms with van der Waals surface area (Å²) in [7, 11) is 0. The van der Waals surface area contributed by atoms with E-state index >= 15 is 0 Å².